The second-order valence-corrected chi connectivity index (χ2v) is 16.2. The first-order valence-electron chi connectivity index (χ1n) is 20.1. The van der Waals surface area contributed by atoms with Crippen LogP contribution in [0.2, 0.25) is 0 Å². The Hall–Kier alpha value is -6.63. The smallest absolute Gasteiger partial charge is 0.259 e. The summed E-state index contributed by atoms with van der Waals surface area (Å²) in [5.41, 5.74) is 7.19. The molecule has 12 heteroatoms. The molecule has 5 aromatic carbocycles. The highest BCUT2D eigenvalue weighted by atomic mass is 32.2. The minimum absolute atomic E-state index is 0. The molecule has 7 rings (SSSR count). The third-order valence-electron chi connectivity index (χ3n) is 9.91. The van der Waals surface area contributed by atoms with Crippen LogP contribution in [-0.4, -0.2) is 62.1 Å². The van der Waals surface area contributed by atoms with E-state index in [0.717, 1.165) is 46.7 Å². The fraction of sp³-hybridized carbons (Fsp3) is 0.224. The van der Waals surface area contributed by atoms with Crippen molar-refractivity contribution in [3.8, 4) is 11.4 Å². The second kappa shape index (κ2) is 21.6. The Labute approximate surface area is 360 Å². The fourth-order valence-electron chi connectivity index (χ4n) is 6.80. The van der Waals surface area contributed by atoms with Crippen molar-refractivity contribution in [3.05, 3.63) is 192 Å². The largest absolute Gasteiger partial charge is 0.330 e. The molecule has 0 saturated carbocycles. The van der Waals surface area contributed by atoms with Crippen molar-refractivity contribution >= 4 is 27.5 Å². The number of aromatic nitrogens is 4. The van der Waals surface area contributed by atoms with Gasteiger partial charge >= 0.3 is 0 Å². The zero-order chi connectivity index (χ0) is 42.5. The standard InChI is InChI=1S/C25H23N3O.C23H28N4O3S.CH4/c1-20-24(17-26-28(20)23-15-9-4-10-16-23)25(29)27(18-21-11-5-2-6-12-21)19-22-13-7-3-8-14-22;1-4-15-26(16-5-2)31(29,30)21-13-11-19(12-14-21)25-23(28)22-17-24-27(18(22)3)20-9-7-6-8-10-20;/h2-17H,18-19H2,1H3;6-14,17H,4-5,15-16H2,1-3H3,(H,25,28);1H4. The number of carbonyl (C=O) groups excluding carboxylic acids is 2. The quantitative estimate of drug-likeness (QED) is 0.110. The molecule has 61 heavy (non-hydrogen) atoms. The summed E-state index contributed by atoms with van der Waals surface area (Å²) in [6.07, 6.45) is 4.71. The molecule has 0 fully saturated rings. The van der Waals surface area contributed by atoms with Crippen LogP contribution < -0.4 is 5.32 Å². The minimum atomic E-state index is -3.55. The topological polar surface area (TPSA) is 122 Å². The number of carbonyl (C=O) groups is 2. The van der Waals surface area contributed by atoms with Gasteiger partial charge in [-0.25, -0.2) is 17.8 Å². The Kier molecular flexibility index (Phi) is 16.1. The number of anilines is 1. The van der Waals surface area contributed by atoms with E-state index in [4.69, 9.17) is 0 Å². The Morgan fingerprint density at radius 2 is 1.00 bits per heavy atom. The molecular weight excluding hydrogens is 783 g/mol. The number of para-hydroxylation sites is 2. The van der Waals surface area contributed by atoms with Gasteiger partial charge in [-0.2, -0.15) is 14.5 Å². The van der Waals surface area contributed by atoms with Gasteiger partial charge < -0.3 is 10.2 Å². The van der Waals surface area contributed by atoms with E-state index in [-0.39, 0.29) is 24.1 Å². The molecule has 11 nitrogen and oxygen atoms in total. The molecule has 2 heterocycles. The molecular formula is C49H55N7O4S. The van der Waals surface area contributed by atoms with Crippen molar-refractivity contribution in [1.29, 1.82) is 0 Å². The van der Waals surface area contributed by atoms with E-state index in [0.29, 0.717) is 43.0 Å². The molecule has 0 aliphatic rings. The van der Waals surface area contributed by atoms with Gasteiger partial charge in [0.15, 0.2) is 0 Å². The molecule has 0 saturated heterocycles. The zero-order valence-corrected chi connectivity index (χ0v) is 35.3. The monoisotopic (exact) mass is 837 g/mol. The first-order chi connectivity index (χ1) is 29.1. The van der Waals surface area contributed by atoms with Gasteiger partial charge in [0.1, 0.15) is 0 Å². The van der Waals surface area contributed by atoms with Crippen molar-refractivity contribution in [2.24, 2.45) is 0 Å². The highest BCUT2D eigenvalue weighted by Crippen LogP contribution is 2.22. The van der Waals surface area contributed by atoms with Crippen LogP contribution in [0, 0.1) is 13.8 Å². The Morgan fingerprint density at radius 3 is 1.44 bits per heavy atom. The van der Waals surface area contributed by atoms with Gasteiger partial charge in [0.2, 0.25) is 10.0 Å². The molecule has 1 N–H and O–H groups in total. The van der Waals surface area contributed by atoms with E-state index in [1.807, 2.05) is 159 Å². The number of nitrogens with one attached hydrogen (secondary N) is 1. The summed E-state index contributed by atoms with van der Waals surface area (Å²) in [6.45, 7) is 9.75. The Balaban J connectivity index is 0.000000227. The summed E-state index contributed by atoms with van der Waals surface area (Å²) in [7, 11) is -3.55. The number of amides is 2. The minimum Gasteiger partial charge on any atom is -0.330 e. The van der Waals surface area contributed by atoms with Gasteiger partial charge in [-0.3, -0.25) is 9.59 Å². The summed E-state index contributed by atoms with van der Waals surface area (Å²) in [5.74, 6) is -0.314. The molecule has 0 atom stereocenters. The van der Waals surface area contributed by atoms with Crippen molar-refractivity contribution in [3.63, 3.8) is 0 Å². The lowest BCUT2D eigenvalue weighted by Crippen LogP contribution is -2.32. The molecule has 316 valence electrons. The van der Waals surface area contributed by atoms with Gasteiger partial charge in [-0.05, 0) is 86.3 Å². The Bertz CT molecular complexity index is 2510. The molecule has 2 aromatic heterocycles. The van der Waals surface area contributed by atoms with Crippen molar-refractivity contribution in [2.75, 3.05) is 18.4 Å². The van der Waals surface area contributed by atoms with Crippen LogP contribution in [0.3, 0.4) is 0 Å². The number of hydrogen-bond donors (Lipinski definition) is 1. The van der Waals surface area contributed by atoms with Crippen molar-refractivity contribution in [1.82, 2.24) is 28.8 Å². The molecule has 7 aromatic rings. The second-order valence-electron chi connectivity index (χ2n) is 14.3. The van der Waals surface area contributed by atoms with Gasteiger partial charge in [-0.15, -0.1) is 0 Å². The number of rotatable bonds is 15. The molecule has 0 unspecified atom stereocenters. The summed E-state index contributed by atoms with van der Waals surface area (Å²) in [4.78, 5) is 28.3. The van der Waals surface area contributed by atoms with Gasteiger partial charge in [-0.1, -0.05) is 118 Å². The van der Waals surface area contributed by atoms with Crippen LogP contribution in [0.25, 0.3) is 11.4 Å². The van der Waals surface area contributed by atoms with Crippen LogP contribution in [0.15, 0.2) is 163 Å². The lowest BCUT2D eigenvalue weighted by atomic mass is 10.1. The van der Waals surface area contributed by atoms with Gasteiger partial charge in [0.05, 0.1) is 51.2 Å². The predicted molar refractivity (Wildman–Crippen MR) is 244 cm³/mol. The zero-order valence-electron chi connectivity index (χ0n) is 34.5. The third kappa shape index (κ3) is 11.4. The molecule has 0 spiro atoms. The van der Waals surface area contributed by atoms with Crippen LogP contribution >= 0.6 is 0 Å². The summed E-state index contributed by atoms with van der Waals surface area (Å²) in [5, 5.41) is 11.6. The third-order valence-corrected chi connectivity index (χ3v) is 11.8. The number of benzene rings is 5. The van der Waals surface area contributed by atoms with Crippen LogP contribution in [-0.2, 0) is 23.1 Å². The van der Waals surface area contributed by atoms with E-state index >= 15 is 0 Å². The van der Waals surface area contributed by atoms with E-state index < -0.39 is 10.0 Å². The highest BCUT2D eigenvalue weighted by molar-refractivity contribution is 7.89. The first-order valence-corrected chi connectivity index (χ1v) is 21.5. The lowest BCUT2D eigenvalue weighted by molar-refractivity contribution is 0.0729. The molecule has 0 bridgehead atoms. The molecule has 0 radical (unpaired) electrons. The van der Waals surface area contributed by atoms with Crippen molar-refractivity contribution < 1.29 is 18.0 Å². The van der Waals surface area contributed by atoms with E-state index in [1.54, 1.807) is 23.0 Å². The highest BCUT2D eigenvalue weighted by Gasteiger charge is 2.24. The molecule has 0 aliphatic heterocycles. The molecule has 0 aliphatic carbocycles. The fourth-order valence-corrected chi connectivity index (χ4v) is 8.42. The maximum Gasteiger partial charge on any atom is 0.259 e. The van der Waals surface area contributed by atoms with Crippen LogP contribution in [0.5, 0.6) is 0 Å². The van der Waals surface area contributed by atoms with E-state index in [1.165, 1.54) is 22.6 Å². The first kappa shape index (κ1) is 45.5. The SMILES string of the molecule is C.CCCN(CCC)S(=O)(=O)c1ccc(NC(=O)c2cnn(-c3ccccc3)c2C)cc1.Cc1c(C(=O)N(Cc2ccccc2)Cc2ccccc2)cnn1-c1ccccc1. The predicted octanol–water partition coefficient (Wildman–Crippen LogP) is 9.90. The molecule has 2 amide bonds. The van der Waals surface area contributed by atoms with Crippen LogP contribution in [0.1, 0.15) is 77.3 Å². The Morgan fingerprint density at radius 1 is 0.590 bits per heavy atom. The lowest BCUT2D eigenvalue weighted by Gasteiger charge is -2.23. The van der Waals surface area contributed by atoms with E-state index in [2.05, 4.69) is 15.5 Å². The van der Waals surface area contributed by atoms with Gasteiger partial charge in [0, 0.05) is 31.9 Å². The number of nitrogens with zero attached hydrogens (tertiary/aromatic N) is 6. The number of hydrogen-bond acceptors (Lipinski definition) is 6. The van der Waals surface area contributed by atoms with Crippen LogP contribution in [0.4, 0.5) is 5.69 Å². The summed E-state index contributed by atoms with van der Waals surface area (Å²) in [6, 6.07) is 45.9. The summed E-state index contributed by atoms with van der Waals surface area (Å²) < 4.78 is 30.8. The van der Waals surface area contributed by atoms with Gasteiger partial charge in [0.25, 0.3) is 11.8 Å². The average Bonchev–Trinajstić information content (AvgIpc) is 3.86. The maximum absolute atomic E-state index is 13.5. The van der Waals surface area contributed by atoms with Crippen molar-refractivity contribution in [2.45, 2.75) is 65.9 Å². The van der Waals surface area contributed by atoms with E-state index in [9.17, 15) is 18.0 Å². The maximum atomic E-state index is 13.5. The normalized spacial score (nSPS) is 11.0. The average molecular weight is 838 g/mol. The number of sulfonamides is 1. The summed E-state index contributed by atoms with van der Waals surface area (Å²) >= 11 is 0.